The lowest BCUT2D eigenvalue weighted by Gasteiger charge is -2.31. The number of methoxy groups -OCH3 is 1. The first kappa shape index (κ1) is 20.4. The molecule has 1 saturated carbocycles. The van der Waals surface area contributed by atoms with Gasteiger partial charge in [-0.05, 0) is 43.9 Å². The Kier molecular flexibility index (Phi) is 6.35. The Balaban J connectivity index is 1.39. The smallest absolute Gasteiger partial charge is 0.290 e. The van der Waals surface area contributed by atoms with E-state index in [1.807, 2.05) is 17.0 Å². The summed E-state index contributed by atoms with van der Waals surface area (Å²) < 4.78 is 10.6. The summed E-state index contributed by atoms with van der Waals surface area (Å²) in [5.74, 6) is 0.776. The van der Waals surface area contributed by atoms with E-state index in [2.05, 4.69) is 10.5 Å². The number of hydrogen-bond donors (Lipinski definition) is 1. The largest absolute Gasteiger partial charge is 0.497 e. The van der Waals surface area contributed by atoms with Crippen LogP contribution in [0.15, 0.2) is 34.9 Å². The van der Waals surface area contributed by atoms with E-state index in [-0.39, 0.29) is 29.5 Å². The molecule has 7 heteroatoms. The normalized spacial score (nSPS) is 20.0. The van der Waals surface area contributed by atoms with Crippen molar-refractivity contribution in [3.8, 4) is 5.75 Å². The lowest BCUT2D eigenvalue weighted by molar-refractivity contribution is 0.0704. The van der Waals surface area contributed by atoms with Crippen LogP contribution in [0.5, 0.6) is 5.75 Å². The van der Waals surface area contributed by atoms with Crippen LogP contribution in [-0.4, -0.2) is 48.1 Å². The Morgan fingerprint density at radius 2 is 1.97 bits per heavy atom. The van der Waals surface area contributed by atoms with Crippen molar-refractivity contribution in [3.63, 3.8) is 0 Å². The summed E-state index contributed by atoms with van der Waals surface area (Å²) in [5, 5.41) is 7.22. The van der Waals surface area contributed by atoms with Crippen LogP contribution in [0.1, 0.15) is 77.5 Å². The van der Waals surface area contributed by atoms with E-state index < -0.39 is 0 Å². The Labute approximate surface area is 176 Å². The lowest BCUT2D eigenvalue weighted by atomic mass is 9.94. The molecule has 2 aliphatic rings. The predicted octanol–water partition coefficient (Wildman–Crippen LogP) is 3.77. The molecule has 1 N–H and O–H groups in total. The minimum absolute atomic E-state index is 0.0163. The molecule has 1 aliphatic heterocycles. The van der Waals surface area contributed by atoms with Gasteiger partial charge in [-0.1, -0.05) is 30.5 Å². The number of piperidine rings is 1. The van der Waals surface area contributed by atoms with Gasteiger partial charge in [0.2, 0.25) is 5.76 Å². The summed E-state index contributed by atoms with van der Waals surface area (Å²) in [7, 11) is 1.59. The number of nitrogens with one attached hydrogen (secondary N) is 1. The van der Waals surface area contributed by atoms with E-state index in [4.69, 9.17) is 9.26 Å². The monoisotopic (exact) mass is 411 g/mol. The summed E-state index contributed by atoms with van der Waals surface area (Å²) in [4.78, 5) is 27.3. The van der Waals surface area contributed by atoms with Crippen molar-refractivity contribution in [2.75, 3.05) is 20.2 Å². The van der Waals surface area contributed by atoms with Crippen molar-refractivity contribution in [2.24, 2.45) is 0 Å². The fraction of sp³-hybridized carbons (Fsp3) is 0.522. The van der Waals surface area contributed by atoms with Gasteiger partial charge in [0.05, 0.1) is 12.8 Å². The Bertz CT molecular complexity index is 888. The number of carbonyl (C=O) groups excluding carboxylic acids is 2. The molecule has 1 saturated heterocycles. The van der Waals surface area contributed by atoms with Crippen molar-refractivity contribution in [1.82, 2.24) is 15.4 Å². The van der Waals surface area contributed by atoms with Crippen molar-refractivity contribution < 1.29 is 18.8 Å². The fourth-order valence-corrected chi connectivity index (χ4v) is 4.43. The number of aromatic nitrogens is 1. The van der Waals surface area contributed by atoms with Crippen LogP contribution in [0.3, 0.4) is 0 Å². The SMILES string of the molecule is COc1cccc(C(=O)N2CCC[C@@H](c3cc(C(=O)NC4CCCCC4)on3)C2)c1. The second-order valence-electron chi connectivity index (χ2n) is 8.25. The zero-order valence-electron chi connectivity index (χ0n) is 17.4. The summed E-state index contributed by atoms with van der Waals surface area (Å²) in [6.07, 6.45) is 7.41. The maximum absolute atomic E-state index is 12.9. The molecule has 0 radical (unpaired) electrons. The zero-order chi connectivity index (χ0) is 20.9. The molecule has 2 heterocycles. The second-order valence-corrected chi connectivity index (χ2v) is 8.25. The van der Waals surface area contributed by atoms with E-state index in [0.29, 0.717) is 24.4 Å². The van der Waals surface area contributed by atoms with Crippen LogP contribution in [0.25, 0.3) is 0 Å². The lowest BCUT2D eigenvalue weighted by Crippen LogP contribution is -2.39. The molecule has 0 spiro atoms. The predicted molar refractivity (Wildman–Crippen MR) is 112 cm³/mol. The molecule has 160 valence electrons. The highest BCUT2D eigenvalue weighted by molar-refractivity contribution is 5.94. The number of nitrogens with zero attached hydrogens (tertiary/aromatic N) is 2. The van der Waals surface area contributed by atoms with Gasteiger partial charge in [-0.3, -0.25) is 9.59 Å². The highest BCUT2D eigenvalue weighted by Crippen LogP contribution is 2.28. The van der Waals surface area contributed by atoms with E-state index in [1.165, 1.54) is 6.42 Å². The first-order chi connectivity index (χ1) is 14.6. The maximum Gasteiger partial charge on any atom is 0.290 e. The quantitative estimate of drug-likeness (QED) is 0.810. The number of hydrogen-bond acceptors (Lipinski definition) is 5. The molecule has 4 rings (SSSR count). The van der Waals surface area contributed by atoms with Crippen LogP contribution in [0.2, 0.25) is 0 Å². The van der Waals surface area contributed by atoms with Crippen LogP contribution in [0, 0.1) is 0 Å². The summed E-state index contributed by atoms with van der Waals surface area (Å²) >= 11 is 0. The molecule has 1 atom stereocenters. The highest BCUT2D eigenvalue weighted by Gasteiger charge is 2.29. The van der Waals surface area contributed by atoms with Gasteiger partial charge in [-0.25, -0.2) is 0 Å². The number of carbonyl (C=O) groups is 2. The number of ether oxygens (including phenoxy) is 1. The molecule has 1 aromatic carbocycles. The summed E-state index contributed by atoms with van der Waals surface area (Å²) in [5.41, 5.74) is 1.36. The Morgan fingerprint density at radius 1 is 1.13 bits per heavy atom. The van der Waals surface area contributed by atoms with E-state index in [9.17, 15) is 9.59 Å². The molecular formula is C23H29N3O4. The minimum Gasteiger partial charge on any atom is -0.497 e. The summed E-state index contributed by atoms with van der Waals surface area (Å²) in [6, 6.07) is 9.18. The van der Waals surface area contributed by atoms with Gasteiger partial charge < -0.3 is 19.5 Å². The van der Waals surface area contributed by atoms with Crippen LogP contribution < -0.4 is 10.1 Å². The average molecular weight is 412 g/mol. The number of likely N-dealkylation sites (tertiary alicyclic amines) is 1. The zero-order valence-corrected chi connectivity index (χ0v) is 17.4. The third kappa shape index (κ3) is 4.66. The van der Waals surface area contributed by atoms with E-state index in [1.54, 1.807) is 25.3 Å². The molecule has 2 aromatic rings. The van der Waals surface area contributed by atoms with Crippen molar-refractivity contribution in [2.45, 2.75) is 56.9 Å². The van der Waals surface area contributed by atoms with Gasteiger partial charge in [0, 0.05) is 36.7 Å². The van der Waals surface area contributed by atoms with Gasteiger partial charge in [-0.2, -0.15) is 0 Å². The molecule has 2 amide bonds. The molecule has 1 aliphatic carbocycles. The molecule has 7 nitrogen and oxygen atoms in total. The van der Waals surface area contributed by atoms with E-state index in [0.717, 1.165) is 44.2 Å². The van der Waals surface area contributed by atoms with Gasteiger partial charge in [0.1, 0.15) is 5.75 Å². The summed E-state index contributed by atoms with van der Waals surface area (Å²) in [6.45, 7) is 1.27. The molecule has 30 heavy (non-hydrogen) atoms. The molecule has 1 aromatic heterocycles. The standard InChI is InChI=1S/C23H29N3O4/c1-29-19-11-5-7-16(13-19)23(28)26-12-6-8-17(15-26)20-14-21(30-25-20)22(27)24-18-9-3-2-4-10-18/h5,7,11,13-14,17-18H,2-4,6,8-10,12,15H2,1H3,(H,24,27)/t17-/m1/s1. The molecular weight excluding hydrogens is 382 g/mol. The van der Waals surface area contributed by atoms with E-state index >= 15 is 0 Å². The second kappa shape index (κ2) is 9.32. The van der Waals surface area contributed by atoms with Crippen molar-refractivity contribution in [1.29, 1.82) is 0 Å². The number of rotatable bonds is 5. The third-order valence-corrected chi connectivity index (χ3v) is 6.14. The topological polar surface area (TPSA) is 84.7 Å². The molecule has 0 bridgehead atoms. The Morgan fingerprint density at radius 3 is 2.77 bits per heavy atom. The molecule has 2 fully saturated rings. The fourth-order valence-electron chi connectivity index (χ4n) is 4.43. The first-order valence-corrected chi connectivity index (χ1v) is 10.8. The highest BCUT2D eigenvalue weighted by atomic mass is 16.5. The number of benzene rings is 1. The van der Waals surface area contributed by atoms with Crippen LogP contribution in [0.4, 0.5) is 0 Å². The molecule has 0 unspecified atom stereocenters. The van der Waals surface area contributed by atoms with Crippen LogP contribution in [-0.2, 0) is 0 Å². The Hall–Kier alpha value is -2.83. The third-order valence-electron chi connectivity index (χ3n) is 6.14. The van der Waals surface area contributed by atoms with Crippen molar-refractivity contribution in [3.05, 3.63) is 47.3 Å². The van der Waals surface area contributed by atoms with Crippen molar-refractivity contribution >= 4 is 11.8 Å². The van der Waals surface area contributed by atoms with Gasteiger partial charge in [-0.15, -0.1) is 0 Å². The number of amides is 2. The maximum atomic E-state index is 12.9. The minimum atomic E-state index is -0.194. The average Bonchev–Trinajstić information content (AvgIpc) is 3.30. The van der Waals surface area contributed by atoms with Gasteiger partial charge in [0.15, 0.2) is 0 Å². The van der Waals surface area contributed by atoms with Gasteiger partial charge in [0.25, 0.3) is 11.8 Å². The first-order valence-electron chi connectivity index (χ1n) is 10.8. The van der Waals surface area contributed by atoms with Gasteiger partial charge >= 0.3 is 0 Å². The van der Waals surface area contributed by atoms with Crippen LogP contribution >= 0.6 is 0 Å².